The van der Waals surface area contributed by atoms with Crippen molar-refractivity contribution >= 4 is 22.7 Å². The lowest BCUT2D eigenvalue weighted by molar-refractivity contribution is -0.384. The lowest BCUT2D eigenvalue weighted by Crippen LogP contribution is -2.26. The minimum atomic E-state index is -0.364. The minimum absolute atomic E-state index is 0.107. The Morgan fingerprint density at radius 1 is 1.35 bits per heavy atom. The fourth-order valence-corrected chi connectivity index (χ4v) is 2.76. The van der Waals surface area contributed by atoms with Crippen molar-refractivity contribution in [3.05, 3.63) is 56.8 Å². The number of nitrogens with one attached hydrogen (secondary N) is 1. The topological polar surface area (TPSA) is 58.4 Å². The van der Waals surface area contributed by atoms with E-state index in [1.165, 1.54) is 11.6 Å². The number of hydrogen-bond donors (Lipinski definition) is 1. The van der Waals surface area contributed by atoms with Crippen LogP contribution < -0.4 is 5.32 Å². The quantitative estimate of drug-likeness (QED) is 0.655. The van der Waals surface area contributed by atoms with E-state index in [0.717, 1.165) is 0 Å². The maximum Gasteiger partial charge on any atom is 0.292 e. The molecule has 2 aromatic rings. The first-order valence-corrected chi connectivity index (χ1v) is 7.19. The summed E-state index contributed by atoms with van der Waals surface area (Å²) in [7, 11) is 4.01. The van der Waals surface area contributed by atoms with Crippen LogP contribution in [-0.2, 0) is 0 Å². The van der Waals surface area contributed by atoms with E-state index in [1.807, 2.05) is 19.5 Å². The largest absolute Gasteiger partial charge is 0.378 e. The highest BCUT2D eigenvalue weighted by atomic mass is 32.1. The number of anilines is 1. The first-order chi connectivity index (χ1) is 9.59. The van der Waals surface area contributed by atoms with Crippen LogP contribution in [0.15, 0.2) is 41.1 Å². The number of nitro benzene ring substituents is 1. The molecule has 0 fully saturated rings. The van der Waals surface area contributed by atoms with Crippen LogP contribution >= 0.6 is 11.3 Å². The molecule has 0 aliphatic rings. The van der Waals surface area contributed by atoms with E-state index in [4.69, 9.17) is 0 Å². The summed E-state index contributed by atoms with van der Waals surface area (Å²) in [4.78, 5) is 12.7. The van der Waals surface area contributed by atoms with Crippen molar-refractivity contribution in [2.24, 2.45) is 0 Å². The van der Waals surface area contributed by atoms with Crippen LogP contribution in [0.1, 0.15) is 11.6 Å². The second-order valence-electron chi connectivity index (χ2n) is 4.69. The molecule has 1 aromatic carbocycles. The summed E-state index contributed by atoms with van der Waals surface area (Å²) in [5.74, 6) is 0. The maximum atomic E-state index is 11.0. The van der Waals surface area contributed by atoms with E-state index in [-0.39, 0.29) is 16.7 Å². The minimum Gasteiger partial charge on any atom is -0.378 e. The van der Waals surface area contributed by atoms with Crippen LogP contribution in [-0.4, -0.2) is 30.5 Å². The number of nitrogens with zero attached hydrogens (tertiary/aromatic N) is 2. The summed E-state index contributed by atoms with van der Waals surface area (Å²) in [6.45, 7) is 0.620. The molecular formula is C14H17N3O2S. The number of rotatable bonds is 6. The number of thiophene rings is 1. The van der Waals surface area contributed by atoms with Gasteiger partial charge in [0.2, 0.25) is 0 Å². The van der Waals surface area contributed by atoms with E-state index >= 15 is 0 Å². The Hall–Kier alpha value is -1.92. The van der Waals surface area contributed by atoms with Crippen molar-refractivity contribution in [3.63, 3.8) is 0 Å². The number of benzene rings is 1. The molecule has 0 unspecified atom stereocenters. The molecule has 1 heterocycles. The van der Waals surface area contributed by atoms with Crippen molar-refractivity contribution in [3.8, 4) is 0 Å². The highest BCUT2D eigenvalue weighted by Gasteiger charge is 2.17. The van der Waals surface area contributed by atoms with Gasteiger partial charge in [0.25, 0.3) is 5.69 Å². The van der Waals surface area contributed by atoms with E-state index < -0.39 is 0 Å². The van der Waals surface area contributed by atoms with E-state index in [0.29, 0.717) is 12.2 Å². The third kappa shape index (κ3) is 3.34. The second kappa shape index (κ2) is 6.49. The molecule has 0 amide bonds. The van der Waals surface area contributed by atoms with Crippen molar-refractivity contribution in [2.75, 3.05) is 26.0 Å². The standard InChI is InChI=1S/C14H17N3O2S/c1-16(2)14(11-7-8-20-10-11)9-15-12-5-3-4-6-13(12)17(18)19/h3-8,10,14-15H,9H2,1-2H3/t14-/m0/s1. The van der Waals surface area contributed by atoms with Crippen LogP contribution in [0.25, 0.3) is 0 Å². The molecule has 1 N–H and O–H groups in total. The molecule has 0 radical (unpaired) electrons. The Kier molecular flexibility index (Phi) is 4.70. The van der Waals surface area contributed by atoms with E-state index in [9.17, 15) is 10.1 Å². The molecule has 6 heteroatoms. The van der Waals surface area contributed by atoms with Gasteiger partial charge in [-0.2, -0.15) is 11.3 Å². The molecule has 0 spiro atoms. The third-order valence-corrected chi connectivity index (χ3v) is 3.84. The highest BCUT2D eigenvalue weighted by Crippen LogP contribution is 2.26. The Balaban J connectivity index is 2.13. The van der Waals surface area contributed by atoms with Crippen molar-refractivity contribution in [2.45, 2.75) is 6.04 Å². The summed E-state index contributed by atoms with van der Waals surface area (Å²) in [5, 5.41) is 18.3. The molecule has 20 heavy (non-hydrogen) atoms. The van der Waals surface area contributed by atoms with Gasteiger partial charge in [0.1, 0.15) is 5.69 Å². The van der Waals surface area contributed by atoms with Gasteiger partial charge in [-0.15, -0.1) is 0 Å². The smallest absolute Gasteiger partial charge is 0.292 e. The summed E-state index contributed by atoms with van der Waals surface area (Å²) < 4.78 is 0. The summed E-state index contributed by atoms with van der Waals surface area (Å²) in [5.41, 5.74) is 1.88. The normalized spacial score (nSPS) is 12.3. The molecule has 5 nitrogen and oxygen atoms in total. The fraction of sp³-hybridized carbons (Fsp3) is 0.286. The summed E-state index contributed by atoms with van der Waals surface area (Å²) >= 11 is 1.65. The Bertz CT molecular complexity index is 570. The zero-order valence-electron chi connectivity index (χ0n) is 11.4. The van der Waals surface area contributed by atoms with Gasteiger partial charge in [-0.3, -0.25) is 10.1 Å². The predicted molar refractivity (Wildman–Crippen MR) is 82.3 cm³/mol. The fourth-order valence-electron chi connectivity index (χ4n) is 2.05. The van der Waals surface area contributed by atoms with Crippen LogP contribution in [0.3, 0.4) is 0 Å². The van der Waals surface area contributed by atoms with Crippen LogP contribution in [0.2, 0.25) is 0 Å². The molecule has 0 saturated heterocycles. The molecule has 0 bridgehead atoms. The SMILES string of the molecule is CN(C)[C@@H](CNc1ccccc1[N+](=O)[O-])c1ccsc1. The summed E-state index contributed by atoms with van der Waals surface area (Å²) in [6, 6.07) is 8.98. The molecule has 0 saturated carbocycles. The molecule has 0 aliphatic heterocycles. The number of hydrogen-bond acceptors (Lipinski definition) is 5. The zero-order chi connectivity index (χ0) is 14.5. The molecular weight excluding hydrogens is 274 g/mol. The number of likely N-dealkylation sites (N-methyl/N-ethyl adjacent to an activating group) is 1. The number of para-hydroxylation sites is 2. The third-order valence-electron chi connectivity index (χ3n) is 3.14. The predicted octanol–water partition coefficient (Wildman–Crippen LogP) is 3.37. The van der Waals surface area contributed by atoms with Gasteiger partial charge < -0.3 is 10.2 Å². The van der Waals surface area contributed by atoms with Crippen LogP contribution in [0, 0.1) is 10.1 Å². The maximum absolute atomic E-state index is 11.0. The van der Waals surface area contributed by atoms with Gasteiger partial charge in [0.15, 0.2) is 0 Å². The van der Waals surface area contributed by atoms with Gasteiger partial charge in [-0.05, 0) is 42.6 Å². The van der Waals surface area contributed by atoms with Crippen LogP contribution in [0.5, 0.6) is 0 Å². The summed E-state index contributed by atoms with van der Waals surface area (Å²) in [6.07, 6.45) is 0. The Morgan fingerprint density at radius 2 is 2.10 bits per heavy atom. The van der Waals surface area contributed by atoms with Crippen LogP contribution in [0.4, 0.5) is 11.4 Å². The van der Waals surface area contributed by atoms with Crippen molar-refractivity contribution < 1.29 is 4.92 Å². The average Bonchev–Trinajstić information content (AvgIpc) is 2.92. The average molecular weight is 291 g/mol. The highest BCUT2D eigenvalue weighted by molar-refractivity contribution is 7.07. The molecule has 1 aromatic heterocycles. The first kappa shape index (κ1) is 14.5. The lowest BCUT2D eigenvalue weighted by Gasteiger charge is -2.24. The first-order valence-electron chi connectivity index (χ1n) is 6.25. The van der Waals surface area contributed by atoms with Crippen molar-refractivity contribution in [1.29, 1.82) is 0 Å². The molecule has 106 valence electrons. The number of nitro groups is 1. The van der Waals surface area contributed by atoms with Crippen molar-refractivity contribution in [1.82, 2.24) is 4.90 Å². The lowest BCUT2D eigenvalue weighted by atomic mass is 10.1. The monoisotopic (exact) mass is 291 g/mol. The second-order valence-corrected chi connectivity index (χ2v) is 5.47. The molecule has 0 aliphatic carbocycles. The Morgan fingerprint density at radius 3 is 2.70 bits per heavy atom. The van der Waals surface area contributed by atoms with Gasteiger partial charge in [0, 0.05) is 12.6 Å². The van der Waals surface area contributed by atoms with Gasteiger partial charge >= 0.3 is 0 Å². The van der Waals surface area contributed by atoms with Gasteiger partial charge in [-0.25, -0.2) is 0 Å². The molecule has 1 atom stereocenters. The molecule has 2 rings (SSSR count). The zero-order valence-corrected chi connectivity index (χ0v) is 12.3. The Labute approximate surface area is 122 Å². The van der Waals surface area contributed by atoms with Gasteiger partial charge in [-0.1, -0.05) is 12.1 Å². The van der Waals surface area contributed by atoms with E-state index in [2.05, 4.69) is 21.7 Å². The van der Waals surface area contributed by atoms with Gasteiger partial charge in [0.05, 0.1) is 11.0 Å². The van der Waals surface area contributed by atoms with E-state index in [1.54, 1.807) is 29.5 Å².